The number of aromatic nitrogens is 2. The van der Waals surface area contributed by atoms with Crippen molar-refractivity contribution in [3.8, 4) is 0 Å². The molecule has 0 amide bonds. The molecule has 0 bridgehead atoms. The molecule has 1 aliphatic rings. The monoisotopic (exact) mass is 134 g/mol. The lowest BCUT2D eigenvalue weighted by Crippen LogP contribution is -1.99. The molecule has 0 unspecified atom stereocenters. The molecule has 0 saturated heterocycles. The van der Waals surface area contributed by atoms with Crippen LogP contribution in [0.25, 0.3) is 6.20 Å². The molecule has 10 heavy (non-hydrogen) atoms. The average Bonchev–Trinajstić information content (AvgIpc) is 2.27. The predicted molar refractivity (Wildman–Crippen MR) is 40.6 cm³/mol. The van der Waals surface area contributed by atoms with Gasteiger partial charge in [0.2, 0.25) is 0 Å². The number of fused-ring (bicyclic) bond motifs is 1. The molecule has 0 aliphatic carbocycles. The highest BCUT2D eigenvalue weighted by Crippen LogP contribution is 2.10. The van der Waals surface area contributed by atoms with Crippen LogP contribution < -0.4 is 0 Å². The Morgan fingerprint density at radius 2 is 2.50 bits per heavy atom. The van der Waals surface area contributed by atoms with Gasteiger partial charge in [-0.25, -0.2) is 4.98 Å². The summed E-state index contributed by atoms with van der Waals surface area (Å²) in [5.41, 5.74) is 1.11. The molecule has 52 valence electrons. The first-order chi connectivity index (χ1) is 4.86. The quantitative estimate of drug-likeness (QED) is 0.527. The maximum absolute atomic E-state index is 4.36. The molecular formula is C8H10N2. The van der Waals surface area contributed by atoms with E-state index in [0.717, 1.165) is 18.5 Å². The fourth-order valence-electron chi connectivity index (χ4n) is 1.28. The van der Waals surface area contributed by atoms with Crippen molar-refractivity contribution < 1.29 is 0 Å². The van der Waals surface area contributed by atoms with Crippen LogP contribution in [0, 0.1) is 6.92 Å². The van der Waals surface area contributed by atoms with Gasteiger partial charge in [-0.3, -0.25) is 0 Å². The van der Waals surface area contributed by atoms with Gasteiger partial charge in [-0.1, -0.05) is 6.08 Å². The van der Waals surface area contributed by atoms with Gasteiger partial charge in [-0.15, -0.1) is 0 Å². The molecule has 0 aromatic carbocycles. The SMILES string of the molecule is Cc1cn2c(n1)CCC=C2. The van der Waals surface area contributed by atoms with Gasteiger partial charge in [0.15, 0.2) is 0 Å². The second kappa shape index (κ2) is 1.97. The van der Waals surface area contributed by atoms with E-state index in [-0.39, 0.29) is 0 Å². The molecule has 2 heteroatoms. The summed E-state index contributed by atoms with van der Waals surface area (Å²) in [5.74, 6) is 1.19. The van der Waals surface area contributed by atoms with Crippen molar-refractivity contribution in [1.29, 1.82) is 0 Å². The Morgan fingerprint density at radius 1 is 1.60 bits per heavy atom. The van der Waals surface area contributed by atoms with Crippen LogP contribution in [0.5, 0.6) is 0 Å². The lowest BCUT2D eigenvalue weighted by molar-refractivity contribution is 0.836. The summed E-state index contributed by atoms with van der Waals surface area (Å²) < 4.78 is 2.10. The number of rotatable bonds is 0. The van der Waals surface area contributed by atoms with E-state index in [9.17, 15) is 0 Å². The van der Waals surface area contributed by atoms with Crippen LogP contribution in [0.4, 0.5) is 0 Å². The molecule has 2 rings (SSSR count). The smallest absolute Gasteiger partial charge is 0.113 e. The van der Waals surface area contributed by atoms with E-state index in [1.165, 1.54) is 5.82 Å². The van der Waals surface area contributed by atoms with E-state index in [1.54, 1.807) is 0 Å². The summed E-state index contributed by atoms with van der Waals surface area (Å²) in [6, 6.07) is 0. The van der Waals surface area contributed by atoms with Crippen LogP contribution in [0.3, 0.4) is 0 Å². The minimum absolute atomic E-state index is 1.09. The molecular weight excluding hydrogens is 124 g/mol. The van der Waals surface area contributed by atoms with Crippen LogP contribution >= 0.6 is 0 Å². The molecule has 0 radical (unpaired) electrons. The van der Waals surface area contributed by atoms with Crippen molar-refractivity contribution in [3.05, 3.63) is 23.8 Å². The largest absolute Gasteiger partial charge is 0.311 e. The summed E-state index contributed by atoms with van der Waals surface area (Å²) in [4.78, 5) is 4.36. The molecule has 0 N–H and O–H groups in total. The lowest BCUT2D eigenvalue weighted by atomic mass is 10.2. The van der Waals surface area contributed by atoms with Crippen molar-refractivity contribution in [2.75, 3.05) is 0 Å². The van der Waals surface area contributed by atoms with Crippen molar-refractivity contribution in [3.63, 3.8) is 0 Å². The number of aryl methyl sites for hydroxylation is 2. The molecule has 0 atom stereocenters. The molecule has 0 saturated carbocycles. The Kier molecular flexibility index (Phi) is 1.13. The van der Waals surface area contributed by atoms with Crippen molar-refractivity contribution in [2.24, 2.45) is 0 Å². The highest BCUT2D eigenvalue weighted by Gasteiger charge is 2.04. The van der Waals surface area contributed by atoms with E-state index < -0.39 is 0 Å². The second-order valence-electron chi connectivity index (χ2n) is 2.63. The van der Waals surface area contributed by atoms with Crippen LogP contribution in [0.2, 0.25) is 0 Å². The van der Waals surface area contributed by atoms with Crippen LogP contribution in [-0.2, 0) is 6.42 Å². The Bertz CT molecular complexity index is 271. The molecule has 1 aromatic rings. The van der Waals surface area contributed by atoms with Crippen molar-refractivity contribution in [2.45, 2.75) is 19.8 Å². The zero-order chi connectivity index (χ0) is 6.97. The van der Waals surface area contributed by atoms with E-state index in [0.29, 0.717) is 0 Å². The molecule has 2 nitrogen and oxygen atoms in total. The lowest BCUT2D eigenvalue weighted by Gasteiger charge is -2.04. The third-order valence-electron chi connectivity index (χ3n) is 1.73. The maximum Gasteiger partial charge on any atom is 0.113 e. The summed E-state index contributed by atoms with van der Waals surface area (Å²) >= 11 is 0. The van der Waals surface area contributed by atoms with E-state index in [4.69, 9.17) is 0 Å². The Hall–Kier alpha value is -1.05. The van der Waals surface area contributed by atoms with Gasteiger partial charge < -0.3 is 4.57 Å². The van der Waals surface area contributed by atoms with Crippen molar-refractivity contribution >= 4 is 6.20 Å². The van der Waals surface area contributed by atoms with Gasteiger partial charge in [-0.05, 0) is 13.3 Å². The zero-order valence-electron chi connectivity index (χ0n) is 6.04. The number of imidazole rings is 1. The zero-order valence-corrected chi connectivity index (χ0v) is 6.04. The number of nitrogens with zero attached hydrogens (tertiary/aromatic N) is 2. The second-order valence-corrected chi connectivity index (χ2v) is 2.63. The average molecular weight is 134 g/mol. The Morgan fingerprint density at radius 3 is 3.30 bits per heavy atom. The highest BCUT2D eigenvalue weighted by molar-refractivity contribution is 5.29. The van der Waals surface area contributed by atoms with Gasteiger partial charge in [0.05, 0.1) is 5.69 Å². The summed E-state index contributed by atoms with van der Waals surface area (Å²) in [7, 11) is 0. The van der Waals surface area contributed by atoms with Crippen LogP contribution in [0.15, 0.2) is 12.3 Å². The summed E-state index contributed by atoms with van der Waals surface area (Å²) in [5, 5.41) is 0. The van der Waals surface area contributed by atoms with Crippen molar-refractivity contribution in [1.82, 2.24) is 9.55 Å². The van der Waals surface area contributed by atoms with Crippen LogP contribution in [0.1, 0.15) is 17.9 Å². The molecule has 1 aliphatic heterocycles. The Labute approximate surface area is 60.2 Å². The van der Waals surface area contributed by atoms with E-state index in [2.05, 4.69) is 28.0 Å². The van der Waals surface area contributed by atoms with E-state index >= 15 is 0 Å². The van der Waals surface area contributed by atoms with Crippen LogP contribution in [-0.4, -0.2) is 9.55 Å². The highest BCUT2D eigenvalue weighted by atomic mass is 15.1. The molecule has 0 fully saturated rings. The van der Waals surface area contributed by atoms with Gasteiger partial charge >= 0.3 is 0 Å². The summed E-state index contributed by atoms with van der Waals surface area (Å²) in [6.45, 7) is 2.03. The summed E-state index contributed by atoms with van der Waals surface area (Å²) in [6.07, 6.45) is 8.54. The normalized spacial score (nSPS) is 15.3. The fraction of sp³-hybridized carbons (Fsp3) is 0.375. The molecule has 1 aromatic heterocycles. The Balaban J connectivity index is 2.53. The maximum atomic E-state index is 4.36. The third-order valence-corrected chi connectivity index (χ3v) is 1.73. The minimum atomic E-state index is 1.09. The van der Waals surface area contributed by atoms with Gasteiger partial charge in [-0.2, -0.15) is 0 Å². The number of hydrogen-bond donors (Lipinski definition) is 0. The van der Waals surface area contributed by atoms with Gasteiger partial charge in [0.1, 0.15) is 5.82 Å². The number of hydrogen-bond acceptors (Lipinski definition) is 1. The first-order valence-corrected chi connectivity index (χ1v) is 3.57. The molecule has 0 spiro atoms. The standard InChI is InChI=1S/C8H10N2/c1-7-6-10-5-3-2-4-8(10)9-7/h3,5-6H,2,4H2,1H3. The topological polar surface area (TPSA) is 17.8 Å². The predicted octanol–water partition coefficient (Wildman–Crippen LogP) is 1.61. The fourth-order valence-corrected chi connectivity index (χ4v) is 1.28. The van der Waals surface area contributed by atoms with Gasteiger partial charge in [0, 0.05) is 18.8 Å². The van der Waals surface area contributed by atoms with E-state index in [1.807, 2.05) is 6.92 Å². The third kappa shape index (κ3) is 0.764. The molecule has 2 heterocycles. The first kappa shape index (κ1) is 5.71. The van der Waals surface area contributed by atoms with Gasteiger partial charge in [0.25, 0.3) is 0 Å². The minimum Gasteiger partial charge on any atom is -0.311 e. The number of allylic oxidation sites excluding steroid dienone is 1. The first-order valence-electron chi connectivity index (χ1n) is 3.57.